The molecule has 280 valence electrons. The molecule has 0 aromatic carbocycles. The van der Waals surface area contributed by atoms with Crippen LogP contribution in [0.5, 0.6) is 0 Å². The van der Waals surface area contributed by atoms with Gasteiger partial charge in [0, 0.05) is 56.6 Å². The molecule has 14 heteroatoms. The van der Waals surface area contributed by atoms with Crippen LogP contribution in [0.4, 0.5) is 4.79 Å². The quantitative estimate of drug-likeness (QED) is 0.119. The third kappa shape index (κ3) is 9.14. The summed E-state index contributed by atoms with van der Waals surface area (Å²) in [7, 11) is 1.44. The minimum Gasteiger partial charge on any atom is -0.456 e. The Kier molecular flexibility index (Phi) is 14.1. The fourth-order valence-electron chi connectivity index (χ4n) is 7.33. The molecule has 1 spiro atoms. The number of H-pyrrole nitrogens is 1. The van der Waals surface area contributed by atoms with Crippen molar-refractivity contribution >= 4 is 18.1 Å². The van der Waals surface area contributed by atoms with Crippen LogP contribution in [0.3, 0.4) is 0 Å². The zero-order valence-electron chi connectivity index (χ0n) is 29.9. The number of esters is 2. The molecule has 2 bridgehead atoms. The number of methoxy groups -OCH3 is 1. The highest BCUT2D eigenvalue weighted by Crippen LogP contribution is 2.53. The average Bonchev–Trinajstić information content (AvgIpc) is 3.72. The standard InChI is InChI=1S/C36H54N2O12/c1-21-18-22(2)36-20-26(32(50-36)31(23(3)24(4)41)49-33(42)28-8-7-11-37-28)9-10-27(36)19-29(45-6)34(43)48-30(21)25(5)47-35(44)46-17-14-38(12-15-39)13-16-40/h7-11,18,21,23-27,29-32,37,39-41H,12-17,19-20H2,1-6H3/b22-18+/t21-,23-,24+,25-,26-,27?,29+,30+,31-,32-,36+/m1/s1. The predicted octanol–water partition coefficient (Wildman–Crippen LogP) is 2.63. The molecule has 2 aliphatic heterocycles. The minimum atomic E-state index is -0.956. The summed E-state index contributed by atoms with van der Waals surface area (Å²) < 4.78 is 35.5. The number of nitrogens with one attached hydrogen (secondary N) is 1. The number of ether oxygens (including phenoxy) is 6. The van der Waals surface area contributed by atoms with Gasteiger partial charge in [-0.2, -0.15) is 0 Å². The number of aliphatic hydroxyl groups is 3. The van der Waals surface area contributed by atoms with Gasteiger partial charge in [-0.25, -0.2) is 14.4 Å². The molecular weight excluding hydrogens is 652 g/mol. The number of hydrogen-bond donors (Lipinski definition) is 4. The second-order valence-electron chi connectivity index (χ2n) is 13.7. The molecule has 4 rings (SSSR count). The van der Waals surface area contributed by atoms with E-state index in [-0.39, 0.29) is 38.1 Å². The minimum absolute atomic E-state index is 0.0254. The molecule has 50 heavy (non-hydrogen) atoms. The number of aromatic nitrogens is 1. The Balaban J connectivity index is 1.58. The number of carbonyl (C=O) groups is 3. The molecule has 0 radical (unpaired) electrons. The van der Waals surface area contributed by atoms with Gasteiger partial charge in [-0.15, -0.1) is 0 Å². The number of rotatable bonds is 15. The SMILES string of the molecule is CO[C@H]1CC2C=C[C@@H]3C[C@]2(O[C@H]3[C@H](OC(=O)c2ccc[nH]2)[C@H](C)[C@H](C)O)/C(C)=C/[C@@H](C)[C@@H]([C@@H](C)OC(=O)OCCN(CCO)CCO)OC1=O. The lowest BCUT2D eigenvalue weighted by molar-refractivity contribution is -0.173. The molecule has 3 heterocycles. The van der Waals surface area contributed by atoms with Gasteiger partial charge in [0.15, 0.2) is 6.10 Å². The van der Waals surface area contributed by atoms with Gasteiger partial charge in [-0.1, -0.05) is 32.1 Å². The monoisotopic (exact) mass is 706 g/mol. The van der Waals surface area contributed by atoms with E-state index in [0.29, 0.717) is 31.7 Å². The van der Waals surface area contributed by atoms with Crippen molar-refractivity contribution < 1.29 is 58.1 Å². The molecule has 1 saturated heterocycles. The van der Waals surface area contributed by atoms with Crippen LogP contribution in [0.25, 0.3) is 0 Å². The van der Waals surface area contributed by atoms with E-state index >= 15 is 0 Å². The summed E-state index contributed by atoms with van der Waals surface area (Å²) in [5.74, 6) is -2.50. The zero-order valence-corrected chi connectivity index (χ0v) is 29.9. The maximum absolute atomic E-state index is 13.6. The first-order valence-corrected chi connectivity index (χ1v) is 17.4. The van der Waals surface area contributed by atoms with E-state index in [9.17, 15) is 29.7 Å². The van der Waals surface area contributed by atoms with Crippen molar-refractivity contribution in [2.45, 2.75) is 89.7 Å². The van der Waals surface area contributed by atoms with Crippen LogP contribution in [0.2, 0.25) is 0 Å². The van der Waals surface area contributed by atoms with Crippen molar-refractivity contribution in [1.29, 1.82) is 0 Å². The molecule has 14 nitrogen and oxygen atoms in total. The van der Waals surface area contributed by atoms with Crippen molar-refractivity contribution in [2.24, 2.45) is 23.7 Å². The summed E-state index contributed by atoms with van der Waals surface area (Å²) in [6.45, 7) is 9.64. The van der Waals surface area contributed by atoms with Gasteiger partial charge in [0.05, 0.1) is 24.9 Å². The van der Waals surface area contributed by atoms with Gasteiger partial charge in [0.25, 0.3) is 0 Å². The zero-order chi connectivity index (χ0) is 36.6. The molecule has 1 aromatic heterocycles. The summed E-state index contributed by atoms with van der Waals surface area (Å²) in [6.07, 6.45) is 2.62. The van der Waals surface area contributed by atoms with Crippen LogP contribution >= 0.6 is 0 Å². The van der Waals surface area contributed by atoms with Crippen LogP contribution in [-0.4, -0.2) is 132 Å². The lowest BCUT2D eigenvalue weighted by Crippen LogP contribution is -2.48. The average molecular weight is 707 g/mol. The van der Waals surface area contributed by atoms with Crippen LogP contribution in [0, 0.1) is 23.7 Å². The molecule has 1 unspecified atom stereocenters. The summed E-state index contributed by atoms with van der Waals surface area (Å²) in [6, 6.07) is 3.33. The van der Waals surface area contributed by atoms with Crippen LogP contribution in [0.15, 0.2) is 42.1 Å². The van der Waals surface area contributed by atoms with Crippen LogP contribution < -0.4 is 0 Å². The van der Waals surface area contributed by atoms with Gasteiger partial charge in [-0.3, -0.25) is 4.90 Å². The number of hydrogen-bond acceptors (Lipinski definition) is 13. The maximum atomic E-state index is 13.6. The first kappa shape index (κ1) is 39.5. The van der Waals surface area contributed by atoms with Gasteiger partial charge in [-0.05, 0) is 51.3 Å². The van der Waals surface area contributed by atoms with E-state index in [1.807, 2.05) is 39.0 Å². The van der Waals surface area contributed by atoms with Crippen LogP contribution in [0.1, 0.15) is 57.9 Å². The van der Waals surface area contributed by atoms with Crippen molar-refractivity contribution in [1.82, 2.24) is 9.88 Å². The van der Waals surface area contributed by atoms with E-state index in [1.54, 1.807) is 37.1 Å². The highest BCUT2D eigenvalue weighted by Gasteiger charge is 2.57. The Morgan fingerprint density at radius 2 is 1.82 bits per heavy atom. The molecule has 0 amide bonds. The van der Waals surface area contributed by atoms with E-state index in [4.69, 9.17) is 28.4 Å². The maximum Gasteiger partial charge on any atom is 0.508 e. The topological polar surface area (TPSA) is 186 Å². The fourth-order valence-corrected chi connectivity index (χ4v) is 7.33. The van der Waals surface area contributed by atoms with E-state index in [0.717, 1.165) is 5.57 Å². The molecule has 4 N–H and O–H groups in total. The largest absolute Gasteiger partial charge is 0.508 e. The van der Waals surface area contributed by atoms with Gasteiger partial charge in [0.1, 0.15) is 36.7 Å². The van der Waals surface area contributed by atoms with Crippen LogP contribution in [-0.2, 0) is 33.2 Å². The Labute approximate surface area is 293 Å². The Hall–Kier alpha value is -3.27. The highest BCUT2D eigenvalue weighted by molar-refractivity contribution is 5.87. The number of fused-ring (bicyclic) bond motifs is 1. The third-order valence-electron chi connectivity index (χ3n) is 10.3. The molecular formula is C36H54N2O12. The molecule has 1 fully saturated rings. The summed E-state index contributed by atoms with van der Waals surface area (Å²) in [5, 5.41) is 29.1. The Bertz CT molecular complexity index is 1330. The predicted molar refractivity (Wildman–Crippen MR) is 180 cm³/mol. The first-order valence-electron chi connectivity index (χ1n) is 17.4. The van der Waals surface area contributed by atoms with Crippen molar-refractivity contribution in [2.75, 3.05) is 46.6 Å². The summed E-state index contributed by atoms with van der Waals surface area (Å²) >= 11 is 0. The normalized spacial score (nSPS) is 31.4. The summed E-state index contributed by atoms with van der Waals surface area (Å²) in [5.41, 5.74) is 0.290. The van der Waals surface area contributed by atoms with Crippen molar-refractivity contribution in [3.8, 4) is 0 Å². The lowest BCUT2D eigenvalue weighted by atomic mass is 9.69. The number of carbonyl (C=O) groups excluding carboxylic acids is 3. The smallest absolute Gasteiger partial charge is 0.456 e. The molecule has 0 saturated carbocycles. The summed E-state index contributed by atoms with van der Waals surface area (Å²) in [4.78, 5) is 44.0. The fraction of sp³-hybridized carbons (Fsp3) is 0.694. The van der Waals surface area contributed by atoms with E-state index in [2.05, 4.69) is 4.98 Å². The number of aliphatic hydroxyl groups excluding tert-OH is 3. The molecule has 11 atom stereocenters. The Morgan fingerprint density at radius 3 is 2.44 bits per heavy atom. The van der Waals surface area contributed by atoms with Crippen molar-refractivity contribution in [3.05, 3.63) is 47.8 Å². The van der Waals surface area contributed by atoms with Gasteiger partial charge < -0.3 is 48.7 Å². The number of nitrogens with zero attached hydrogens (tertiary/aromatic N) is 1. The van der Waals surface area contributed by atoms with Gasteiger partial charge >= 0.3 is 18.1 Å². The van der Waals surface area contributed by atoms with Gasteiger partial charge in [0.2, 0.25) is 0 Å². The Morgan fingerprint density at radius 1 is 1.10 bits per heavy atom. The first-order chi connectivity index (χ1) is 23.8. The van der Waals surface area contributed by atoms with E-state index < -0.39 is 72.2 Å². The number of aromatic amines is 1. The molecule has 1 aliphatic carbocycles. The third-order valence-corrected chi connectivity index (χ3v) is 10.3. The van der Waals surface area contributed by atoms with E-state index in [1.165, 1.54) is 7.11 Å². The lowest BCUT2D eigenvalue weighted by Gasteiger charge is -2.41. The second kappa shape index (κ2) is 17.8. The molecule has 3 aliphatic rings. The highest BCUT2D eigenvalue weighted by atomic mass is 16.7. The molecule has 1 aromatic rings. The number of cyclic esters (lactones) is 1. The van der Waals surface area contributed by atoms with Crippen molar-refractivity contribution in [3.63, 3.8) is 0 Å². The second-order valence-corrected chi connectivity index (χ2v) is 13.7.